The van der Waals surface area contributed by atoms with E-state index in [4.69, 9.17) is 0 Å². The molecule has 17 heavy (non-hydrogen) atoms. The summed E-state index contributed by atoms with van der Waals surface area (Å²) in [5.74, 6) is -1.56. The number of halogens is 2. The van der Waals surface area contributed by atoms with Crippen LogP contribution < -0.4 is 5.32 Å². The largest absolute Gasteiger partial charge is 0.380 e. The molecular weight excluding hydrogens is 222 g/mol. The van der Waals surface area contributed by atoms with Gasteiger partial charge in [0.1, 0.15) is 0 Å². The van der Waals surface area contributed by atoms with Crippen LogP contribution in [0.2, 0.25) is 0 Å². The molecule has 1 fully saturated rings. The second-order valence-corrected chi connectivity index (χ2v) is 4.45. The Hall–Kier alpha value is -1.16. The van der Waals surface area contributed by atoms with Crippen molar-refractivity contribution in [3.05, 3.63) is 29.8 Å². The number of nitrogens with zero attached hydrogens (tertiary/aromatic N) is 1. The zero-order valence-corrected chi connectivity index (χ0v) is 10.0. The lowest BCUT2D eigenvalue weighted by Gasteiger charge is -2.32. The van der Waals surface area contributed by atoms with E-state index in [9.17, 15) is 8.78 Å². The SMILES string of the molecule is CCN1CCC(Nc2cccc(F)c2F)CC1. The number of rotatable bonds is 3. The van der Waals surface area contributed by atoms with E-state index in [1.165, 1.54) is 6.07 Å². The molecule has 0 unspecified atom stereocenters. The van der Waals surface area contributed by atoms with Crippen LogP contribution >= 0.6 is 0 Å². The fourth-order valence-electron chi connectivity index (χ4n) is 2.23. The molecule has 4 heteroatoms. The van der Waals surface area contributed by atoms with Gasteiger partial charge in [0, 0.05) is 19.1 Å². The summed E-state index contributed by atoms with van der Waals surface area (Å²) >= 11 is 0. The van der Waals surface area contributed by atoms with Gasteiger partial charge in [0.2, 0.25) is 0 Å². The number of nitrogens with one attached hydrogen (secondary N) is 1. The lowest BCUT2D eigenvalue weighted by molar-refractivity contribution is 0.229. The maximum atomic E-state index is 13.5. The van der Waals surface area contributed by atoms with E-state index in [-0.39, 0.29) is 11.7 Å². The fourth-order valence-corrected chi connectivity index (χ4v) is 2.23. The maximum absolute atomic E-state index is 13.5. The van der Waals surface area contributed by atoms with E-state index < -0.39 is 11.6 Å². The molecule has 1 aliphatic rings. The molecule has 0 bridgehead atoms. The van der Waals surface area contributed by atoms with E-state index in [0.29, 0.717) is 0 Å². The van der Waals surface area contributed by atoms with Crippen LogP contribution in [-0.2, 0) is 0 Å². The van der Waals surface area contributed by atoms with E-state index in [0.717, 1.165) is 38.5 Å². The number of hydrogen-bond donors (Lipinski definition) is 1. The molecule has 0 amide bonds. The maximum Gasteiger partial charge on any atom is 0.181 e. The van der Waals surface area contributed by atoms with E-state index in [2.05, 4.69) is 17.1 Å². The Balaban J connectivity index is 1.95. The monoisotopic (exact) mass is 240 g/mol. The predicted octanol–water partition coefficient (Wildman–Crippen LogP) is 2.86. The van der Waals surface area contributed by atoms with Gasteiger partial charge in [-0.05, 0) is 31.5 Å². The normalized spacial score (nSPS) is 18.3. The second kappa shape index (κ2) is 5.45. The van der Waals surface area contributed by atoms with Crippen molar-refractivity contribution < 1.29 is 8.78 Å². The molecule has 1 aliphatic heterocycles. The average molecular weight is 240 g/mol. The molecule has 0 aliphatic carbocycles. The van der Waals surface area contributed by atoms with Crippen molar-refractivity contribution in [2.24, 2.45) is 0 Å². The first-order valence-corrected chi connectivity index (χ1v) is 6.13. The van der Waals surface area contributed by atoms with Crippen molar-refractivity contribution in [3.63, 3.8) is 0 Å². The Morgan fingerprint density at radius 1 is 1.29 bits per heavy atom. The third-order valence-corrected chi connectivity index (χ3v) is 3.35. The standard InChI is InChI=1S/C13H18F2N2/c1-2-17-8-6-10(7-9-17)16-12-5-3-4-11(14)13(12)15/h3-5,10,16H,2,6-9H2,1H3. The molecule has 1 heterocycles. The van der Waals surface area contributed by atoms with Crippen molar-refractivity contribution in [2.45, 2.75) is 25.8 Å². The number of anilines is 1. The van der Waals surface area contributed by atoms with Crippen molar-refractivity contribution in [3.8, 4) is 0 Å². The number of hydrogen-bond acceptors (Lipinski definition) is 2. The van der Waals surface area contributed by atoms with Gasteiger partial charge in [-0.3, -0.25) is 0 Å². The van der Waals surface area contributed by atoms with E-state index >= 15 is 0 Å². The Kier molecular flexibility index (Phi) is 3.94. The van der Waals surface area contributed by atoms with Gasteiger partial charge in [-0.2, -0.15) is 0 Å². The molecular formula is C13H18F2N2. The summed E-state index contributed by atoms with van der Waals surface area (Å²) < 4.78 is 26.5. The second-order valence-electron chi connectivity index (χ2n) is 4.45. The van der Waals surface area contributed by atoms with Crippen LogP contribution in [0.1, 0.15) is 19.8 Å². The first kappa shape index (κ1) is 12.3. The van der Waals surface area contributed by atoms with Crippen molar-refractivity contribution >= 4 is 5.69 Å². The van der Waals surface area contributed by atoms with Crippen LogP contribution in [-0.4, -0.2) is 30.6 Å². The Morgan fingerprint density at radius 3 is 2.65 bits per heavy atom. The van der Waals surface area contributed by atoms with Gasteiger partial charge in [-0.25, -0.2) is 8.78 Å². The highest BCUT2D eigenvalue weighted by Gasteiger charge is 2.19. The zero-order valence-electron chi connectivity index (χ0n) is 10.0. The molecule has 1 aromatic rings. The molecule has 0 spiro atoms. The average Bonchev–Trinajstić information content (AvgIpc) is 2.36. The minimum Gasteiger partial charge on any atom is -0.380 e. The van der Waals surface area contributed by atoms with Crippen LogP contribution in [0.15, 0.2) is 18.2 Å². The molecule has 0 radical (unpaired) electrons. The highest BCUT2D eigenvalue weighted by Crippen LogP contribution is 2.20. The van der Waals surface area contributed by atoms with Crippen LogP contribution in [0.4, 0.5) is 14.5 Å². The minimum atomic E-state index is -0.791. The molecule has 0 aromatic heterocycles. The number of piperidine rings is 1. The summed E-state index contributed by atoms with van der Waals surface area (Å²) in [5, 5.41) is 3.09. The van der Waals surface area contributed by atoms with Crippen LogP contribution in [0, 0.1) is 11.6 Å². The van der Waals surface area contributed by atoms with Gasteiger partial charge in [0.05, 0.1) is 5.69 Å². The number of benzene rings is 1. The van der Waals surface area contributed by atoms with Crippen molar-refractivity contribution in [1.29, 1.82) is 0 Å². The fraction of sp³-hybridized carbons (Fsp3) is 0.538. The first-order valence-electron chi connectivity index (χ1n) is 6.13. The third-order valence-electron chi connectivity index (χ3n) is 3.35. The van der Waals surface area contributed by atoms with Crippen LogP contribution in [0.25, 0.3) is 0 Å². The summed E-state index contributed by atoms with van der Waals surface area (Å²) in [7, 11) is 0. The summed E-state index contributed by atoms with van der Waals surface area (Å²) in [4.78, 5) is 2.36. The van der Waals surface area contributed by atoms with Crippen molar-refractivity contribution in [1.82, 2.24) is 4.90 Å². The summed E-state index contributed by atoms with van der Waals surface area (Å²) in [5.41, 5.74) is 0.278. The Labute approximate surface area is 101 Å². The minimum absolute atomic E-state index is 0.245. The van der Waals surface area contributed by atoms with Gasteiger partial charge in [-0.1, -0.05) is 13.0 Å². The number of likely N-dealkylation sites (tertiary alicyclic amines) is 1. The van der Waals surface area contributed by atoms with E-state index in [1.54, 1.807) is 6.07 Å². The smallest absolute Gasteiger partial charge is 0.181 e. The summed E-state index contributed by atoms with van der Waals surface area (Å²) in [6.07, 6.45) is 1.95. The Bertz CT molecular complexity index is 374. The van der Waals surface area contributed by atoms with Gasteiger partial charge in [-0.15, -0.1) is 0 Å². The molecule has 1 saturated heterocycles. The zero-order chi connectivity index (χ0) is 12.3. The molecule has 2 rings (SSSR count). The molecule has 0 atom stereocenters. The quantitative estimate of drug-likeness (QED) is 0.874. The van der Waals surface area contributed by atoms with Crippen LogP contribution in [0.3, 0.4) is 0 Å². The molecule has 1 N–H and O–H groups in total. The summed E-state index contributed by atoms with van der Waals surface area (Å²) in [6, 6.07) is 4.50. The van der Waals surface area contributed by atoms with Gasteiger partial charge < -0.3 is 10.2 Å². The summed E-state index contributed by atoms with van der Waals surface area (Å²) in [6.45, 7) is 5.23. The van der Waals surface area contributed by atoms with Gasteiger partial charge >= 0.3 is 0 Å². The topological polar surface area (TPSA) is 15.3 Å². The molecule has 0 saturated carbocycles. The molecule has 94 valence electrons. The van der Waals surface area contributed by atoms with Crippen LogP contribution in [0.5, 0.6) is 0 Å². The predicted molar refractivity (Wildman–Crippen MR) is 65.1 cm³/mol. The first-order chi connectivity index (χ1) is 8.20. The third kappa shape index (κ3) is 2.94. The van der Waals surface area contributed by atoms with Gasteiger partial charge in [0.25, 0.3) is 0 Å². The molecule has 2 nitrogen and oxygen atoms in total. The van der Waals surface area contributed by atoms with E-state index in [1.807, 2.05) is 0 Å². The highest BCUT2D eigenvalue weighted by atomic mass is 19.2. The van der Waals surface area contributed by atoms with Gasteiger partial charge in [0.15, 0.2) is 11.6 Å². The molecule has 1 aromatic carbocycles. The lowest BCUT2D eigenvalue weighted by atomic mass is 10.0. The Morgan fingerprint density at radius 2 is 2.00 bits per heavy atom. The highest BCUT2D eigenvalue weighted by molar-refractivity contribution is 5.45. The lowest BCUT2D eigenvalue weighted by Crippen LogP contribution is -2.39. The van der Waals surface area contributed by atoms with Crippen molar-refractivity contribution in [2.75, 3.05) is 25.0 Å².